The highest BCUT2D eigenvalue weighted by Gasteiger charge is 2.21. The van der Waals surface area contributed by atoms with Crippen LogP contribution >= 0.6 is 15.9 Å². The smallest absolute Gasteiger partial charge is 0.358 e. The van der Waals surface area contributed by atoms with E-state index in [2.05, 4.69) is 25.7 Å². The van der Waals surface area contributed by atoms with Crippen LogP contribution in [0.4, 0.5) is 8.78 Å². The molecule has 0 amide bonds. The van der Waals surface area contributed by atoms with Gasteiger partial charge in [-0.1, -0.05) is 15.9 Å². The second-order valence-electron chi connectivity index (χ2n) is 2.97. The normalized spacial score (nSPS) is 10.1. The summed E-state index contributed by atoms with van der Waals surface area (Å²) in [6.45, 7) is 0. The van der Waals surface area contributed by atoms with Crippen molar-refractivity contribution in [2.75, 3.05) is 7.11 Å². The number of hydrogen-bond donors (Lipinski definition) is 0. The summed E-state index contributed by atoms with van der Waals surface area (Å²) in [4.78, 5) is 14.8. The molecule has 0 atom stereocenters. The van der Waals surface area contributed by atoms with Crippen molar-refractivity contribution in [3.8, 4) is 6.07 Å². The highest BCUT2D eigenvalue weighted by molar-refractivity contribution is 9.08. The maximum atomic E-state index is 12.6. The lowest BCUT2D eigenvalue weighted by Crippen LogP contribution is -2.11. The molecule has 0 aliphatic carbocycles. The summed E-state index contributed by atoms with van der Waals surface area (Å²) < 4.78 is 29.5. The van der Waals surface area contributed by atoms with Crippen LogP contribution < -0.4 is 0 Å². The Morgan fingerprint density at radius 2 is 2.35 bits per heavy atom. The Morgan fingerprint density at radius 3 is 2.76 bits per heavy atom. The molecule has 0 bridgehead atoms. The zero-order valence-corrected chi connectivity index (χ0v) is 10.3. The number of carbonyl (C=O) groups excluding carboxylic acids is 1. The lowest BCUT2D eigenvalue weighted by molar-refractivity contribution is 0.0591. The van der Waals surface area contributed by atoms with Gasteiger partial charge in [-0.15, -0.1) is 0 Å². The van der Waals surface area contributed by atoms with Crippen LogP contribution in [0.25, 0.3) is 0 Å². The molecule has 90 valence electrons. The van der Waals surface area contributed by atoms with Gasteiger partial charge in [-0.2, -0.15) is 5.26 Å². The molecule has 0 saturated carbocycles. The van der Waals surface area contributed by atoms with Gasteiger partial charge in [-0.3, -0.25) is 0 Å². The SMILES string of the molecule is COC(=O)c1nc(C(F)F)cc(CBr)c1C#N. The van der Waals surface area contributed by atoms with Gasteiger partial charge in [0.05, 0.1) is 12.7 Å². The summed E-state index contributed by atoms with van der Waals surface area (Å²) in [7, 11) is 1.09. The van der Waals surface area contributed by atoms with Crippen LogP contribution in [-0.2, 0) is 10.1 Å². The van der Waals surface area contributed by atoms with Crippen LogP contribution in [0.15, 0.2) is 6.07 Å². The number of hydrogen-bond acceptors (Lipinski definition) is 4. The number of ether oxygens (including phenoxy) is 1. The monoisotopic (exact) mass is 304 g/mol. The number of nitriles is 1. The molecular formula is C10H7BrF2N2O2. The lowest BCUT2D eigenvalue weighted by Gasteiger charge is -2.08. The number of pyridine rings is 1. The zero-order chi connectivity index (χ0) is 13.0. The predicted molar refractivity (Wildman–Crippen MR) is 57.9 cm³/mol. The lowest BCUT2D eigenvalue weighted by atomic mass is 10.1. The summed E-state index contributed by atoms with van der Waals surface area (Å²) >= 11 is 3.06. The predicted octanol–water partition coefficient (Wildman–Crippen LogP) is 2.57. The van der Waals surface area contributed by atoms with Crippen molar-refractivity contribution >= 4 is 21.9 Å². The molecule has 17 heavy (non-hydrogen) atoms. The first kappa shape index (κ1) is 13.5. The van der Waals surface area contributed by atoms with Gasteiger partial charge >= 0.3 is 5.97 Å². The first-order valence-electron chi connectivity index (χ1n) is 4.41. The van der Waals surface area contributed by atoms with Crippen molar-refractivity contribution in [1.82, 2.24) is 4.98 Å². The average Bonchev–Trinajstić information content (AvgIpc) is 2.35. The van der Waals surface area contributed by atoms with Crippen molar-refractivity contribution in [3.05, 3.63) is 28.6 Å². The van der Waals surface area contributed by atoms with E-state index in [0.717, 1.165) is 13.2 Å². The van der Waals surface area contributed by atoms with E-state index >= 15 is 0 Å². The number of rotatable bonds is 3. The highest BCUT2D eigenvalue weighted by Crippen LogP contribution is 2.23. The second kappa shape index (κ2) is 5.68. The second-order valence-corrected chi connectivity index (χ2v) is 3.53. The molecular weight excluding hydrogens is 298 g/mol. The standard InChI is InChI=1S/C10H7BrF2N2O2/c1-17-10(16)8-6(4-14)5(3-11)2-7(15-8)9(12)13/h2,9H,3H2,1H3. The van der Waals surface area contributed by atoms with Gasteiger partial charge in [0.1, 0.15) is 11.8 Å². The minimum atomic E-state index is -2.82. The minimum Gasteiger partial charge on any atom is -0.464 e. The highest BCUT2D eigenvalue weighted by atomic mass is 79.9. The third-order valence-electron chi connectivity index (χ3n) is 1.98. The topological polar surface area (TPSA) is 63.0 Å². The quantitative estimate of drug-likeness (QED) is 0.636. The molecule has 7 heteroatoms. The summed E-state index contributed by atoms with van der Waals surface area (Å²) in [6.07, 6.45) is -2.82. The molecule has 1 aromatic rings. The zero-order valence-electron chi connectivity index (χ0n) is 8.71. The summed E-state index contributed by atoms with van der Waals surface area (Å²) in [5.74, 6) is -0.911. The molecule has 0 fully saturated rings. The van der Waals surface area contributed by atoms with Crippen molar-refractivity contribution in [1.29, 1.82) is 5.26 Å². The molecule has 1 heterocycles. The van der Waals surface area contributed by atoms with Gasteiger partial charge in [0, 0.05) is 5.33 Å². The molecule has 0 aliphatic heterocycles. The van der Waals surface area contributed by atoms with Crippen LogP contribution in [0, 0.1) is 11.3 Å². The fourth-order valence-electron chi connectivity index (χ4n) is 1.21. The Hall–Kier alpha value is -1.55. The van der Waals surface area contributed by atoms with Crippen molar-refractivity contribution in [2.45, 2.75) is 11.8 Å². The largest absolute Gasteiger partial charge is 0.464 e. The number of carbonyl (C=O) groups is 1. The number of methoxy groups -OCH3 is 1. The fourth-order valence-corrected chi connectivity index (χ4v) is 1.65. The number of nitrogens with zero attached hydrogens (tertiary/aromatic N) is 2. The molecule has 0 N–H and O–H groups in total. The maximum absolute atomic E-state index is 12.6. The number of aromatic nitrogens is 1. The van der Waals surface area contributed by atoms with E-state index in [9.17, 15) is 13.6 Å². The van der Waals surface area contributed by atoms with E-state index in [1.807, 2.05) is 0 Å². The fraction of sp³-hybridized carbons (Fsp3) is 0.300. The van der Waals surface area contributed by atoms with Crippen LogP contribution in [0.2, 0.25) is 0 Å². The Labute approximate surface area is 104 Å². The average molecular weight is 305 g/mol. The molecule has 1 rings (SSSR count). The first-order valence-corrected chi connectivity index (χ1v) is 5.53. The van der Waals surface area contributed by atoms with Crippen LogP contribution in [-0.4, -0.2) is 18.1 Å². The summed E-state index contributed by atoms with van der Waals surface area (Å²) in [5.41, 5.74) is -0.725. The summed E-state index contributed by atoms with van der Waals surface area (Å²) in [5, 5.41) is 9.07. The first-order chi connectivity index (χ1) is 8.04. The van der Waals surface area contributed by atoms with E-state index in [4.69, 9.17) is 5.26 Å². The molecule has 0 spiro atoms. The van der Waals surface area contributed by atoms with E-state index < -0.39 is 18.1 Å². The minimum absolute atomic E-state index is 0.0573. The molecule has 1 aromatic heterocycles. The van der Waals surface area contributed by atoms with Crippen molar-refractivity contribution in [2.24, 2.45) is 0 Å². The van der Waals surface area contributed by atoms with Gasteiger partial charge in [0.25, 0.3) is 6.43 Å². The Morgan fingerprint density at radius 1 is 1.71 bits per heavy atom. The van der Waals surface area contributed by atoms with Gasteiger partial charge in [0.15, 0.2) is 5.69 Å². The van der Waals surface area contributed by atoms with Gasteiger partial charge in [0.2, 0.25) is 0 Å². The van der Waals surface area contributed by atoms with E-state index in [0.29, 0.717) is 0 Å². The van der Waals surface area contributed by atoms with Gasteiger partial charge in [-0.05, 0) is 11.6 Å². The third kappa shape index (κ3) is 2.77. The molecule has 0 aromatic carbocycles. The number of alkyl halides is 3. The van der Waals surface area contributed by atoms with Crippen LogP contribution in [0.1, 0.15) is 33.7 Å². The van der Waals surface area contributed by atoms with Crippen molar-refractivity contribution < 1.29 is 18.3 Å². The van der Waals surface area contributed by atoms with E-state index in [-0.39, 0.29) is 22.2 Å². The Balaban J connectivity index is 3.49. The molecule has 0 saturated heterocycles. The van der Waals surface area contributed by atoms with E-state index in [1.54, 1.807) is 6.07 Å². The Bertz CT molecular complexity index is 486. The number of esters is 1. The molecule has 0 unspecified atom stereocenters. The third-order valence-corrected chi connectivity index (χ3v) is 2.58. The van der Waals surface area contributed by atoms with E-state index in [1.165, 1.54) is 0 Å². The Kier molecular flexibility index (Phi) is 4.52. The molecule has 4 nitrogen and oxygen atoms in total. The molecule has 0 aliphatic rings. The van der Waals surface area contributed by atoms with Crippen molar-refractivity contribution in [3.63, 3.8) is 0 Å². The van der Waals surface area contributed by atoms with Gasteiger partial charge < -0.3 is 4.74 Å². The maximum Gasteiger partial charge on any atom is 0.358 e. The number of halogens is 3. The van der Waals surface area contributed by atoms with Crippen LogP contribution in [0.3, 0.4) is 0 Å². The molecule has 0 radical (unpaired) electrons. The summed E-state index contributed by atoms with van der Waals surface area (Å²) in [6, 6.07) is 2.85. The van der Waals surface area contributed by atoms with Crippen LogP contribution in [0.5, 0.6) is 0 Å². The van der Waals surface area contributed by atoms with Gasteiger partial charge in [-0.25, -0.2) is 18.6 Å².